The summed E-state index contributed by atoms with van der Waals surface area (Å²) in [6, 6.07) is -1.21. The number of hydrogen-bond donors (Lipinski definition) is 4. The SMILES string of the molecule is C[C@@H](O)C(=O)N[C@H](CCC(N)=O)C(=O)O. The van der Waals surface area contributed by atoms with Crippen molar-refractivity contribution >= 4 is 17.8 Å². The molecular formula is C8H14N2O5. The van der Waals surface area contributed by atoms with Crippen molar-refractivity contribution in [3.05, 3.63) is 0 Å². The van der Waals surface area contributed by atoms with Crippen molar-refractivity contribution < 1.29 is 24.6 Å². The number of aliphatic carboxylic acids is 1. The largest absolute Gasteiger partial charge is 0.480 e. The number of carboxylic acid groups (broad SMARTS) is 1. The summed E-state index contributed by atoms with van der Waals surface area (Å²) in [5, 5.41) is 19.6. The van der Waals surface area contributed by atoms with Gasteiger partial charge in [-0.2, -0.15) is 0 Å². The van der Waals surface area contributed by atoms with Gasteiger partial charge in [0.05, 0.1) is 0 Å². The van der Waals surface area contributed by atoms with Crippen molar-refractivity contribution in [2.75, 3.05) is 0 Å². The molecule has 0 unspecified atom stereocenters. The van der Waals surface area contributed by atoms with Crippen molar-refractivity contribution in [2.24, 2.45) is 5.73 Å². The number of rotatable bonds is 6. The predicted octanol–water partition coefficient (Wildman–Crippen LogP) is -1.80. The summed E-state index contributed by atoms with van der Waals surface area (Å²) in [7, 11) is 0. The Bertz CT molecular complexity index is 264. The van der Waals surface area contributed by atoms with Gasteiger partial charge >= 0.3 is 5.97 Å². The number of nitrogens with two attached hydrogens (primary N) is 1. The van der Waals surface area contributed by atoms with Gasteiger partial charge in [0.1, 0.15) is 12.1 Å². The normalized spacial score (nSPS) is 14.0. The third kappa shape index (κ3) is 5.63. The van der Waals surface area contributed by atoms with E-state index in [0.29, 0.717) is 0 Å². The number of amides is 2. The van der Waals surface area contributed by atoms with Crippen molar-refractivity contribution in [1.82, 2.24) is 5.32 Å². The number of hydrogen-bond acceptors (Lipinski definition) is 4. The lowest BCUT2D eigenvalue weighted by molar-refractivity contribution is -0.143. The molecule has 2 amide bonds. The Kier molecular flexibility index (Phi) is 5.32. The van der Waals surface area contributed by atoms with Crippen LogP contribution in [-0.4, -0.2) is 40.1 Å². The molecule has 0 rings (SSSR count). The summed E-state index contributed by atoms with van der Waals surface area (Å²) in [6.45, 7) is 1.21. The van der Waals surface area contributed by atoms with Crippen LogP contribution in [0.4, 0.5) is 0 Å². The molecule has 0 radical (unpaired) electrons. The number of carbonyl (C=O) groups is 3. The lowest BCUT2D eigenvalue weighted by atomic mass is 10.1. The first-order valence-electron chi connectivity index (χ1n) is 4.34. The average molecular weight is 218 g/mol. The lowest BCUT2D eigenvalue weighted by Crippen LogP contribution is -2.45. The van der Waals surface area contributed by atoms with E-state index in [0.717, 1.165) is 0 Å². The zero-order chi connectivity index (χ0) is 12.0. The van der Waals surface area contributed by atoms with E-state index in [2.05, 4.69) is 5.32 Å². The molecule has 7 nitrogen and oxygen atoms in total. The van der Waals surface area contributed by atoms with E-state index in [1.165, 1.54) is 6.92 Å². The fourth-order valence-corrected chi connectivity index (χ4v) is 0.836. The van der Waals surface area contributed by atoms with Crippen LogP contribution in [0.25, 0.3) is 0 Å². The zero-order valence-electron chi connectivity index (χ0n) is 8.27. The van der Waals surface area contributed by atoms with Crippen molar-refractivity contribution in [3.63, 3.8) is 0 Å². The fraction of sp³-hybridized carbons (Fsp3) is 0.625. The Hall–Kier alpha value is -1.63. The highest BCUT2D eigenvalue weighted by Gasteiger charge is 2.22. The van der Waals surface area contributed by atoms with Crippen LogP contribution in [0.3, 0.4) is 0 Å². The first kappa shape index (κ1) is 13.4. The Balaban J connectivity index is 4.22. The van der Waals surface area contributed by atoms with Crippen LogP contribution in [0.15, 0.2) is 0 Å². The van der Waals surface area contributed by atoms with E-state index in [1.54, 1.807) is 0 Å². The molecule has 0 saturated heterocycles. The lowest BCUT2D eigenvalue weighted by Gasteiger charge is -2.14. The minimum absolute atomic E-state index is 0.0941. The van der Waals surface area contributed by atoms with E-state index in [9.17, 15) is 14.4 Å². The highest BCUT2D eigenvalue weighted by Crippen LogP contribution is 1.98. The third-order valence-electron chi connectivity index (χ3n) is 1.67. The molecule has 0 aliphatic heterocycles. The molecule has 0 aromatic rings. The van der Waals surface area contributed by atoms with E-state index >= 15 is 0 Å². The van der Waals surface area contributed by atoms with Gasteiger partial charge in [0.15, 0.2) is 0 Å². The maximum absolute atomic E-state index is 11.0. The second-order valence-electron chi connectivity index (χ2n) is 3.08. The molecule has 0 bridgehead atoms. The molecule has 0 saturated carbocycles. The minimum atomic E-state index is -1.29. The van der Waals surface area contributed by atoms with Crippen LogP contribution in [-0.2, 0) is 14.4 Å². The van der Waals surface area contributed by atoms with Crippen LogP contribution in [0.1, 0.15) is 19.8 Å². The third-order valence-corrected chi connectivity index (χ3v) is 1.67. The topological polar surface area (TPSA) is 130 Å². The molecule has 0 fully saturated rings. The number of carbonyl (C=O) groups excluding carboxylic acids is 2. The predicted molar refractivity (Wildman–Crippen MR) is 49.7 cm³/mol. The second-order valence-corrected chi connectivity index (χ2v) is 3.08. The quantitative estimate of drug-likeness (QED) is 0.418. The molecule has 0 spiro atoms. The van der Waals surface area contributed by atoms with Gasteiger partial charge in [0, 0.05) is 6.42 Å². The maximum atomic E-state index is 11.0. The molecular weight excluding hydrogens is 204 g/mol. The molecule has 0 heterocycles. The van der Waals surface area contributed by atoms with Crippen LogP contribution in [0.5, 0.6) is 0 Å². The number of primary amides is 1. The van der Waals surface area contributed by atoms with Gasteiger partial charge < -0.3 is 21.3 Å². The fourth-order valence-electron chi connectivity index (χ4n) is 0.836. The van der Waals surface area contributed by atoms with E-state index < -0.39 is 29.9 Å². The van der Waals surface area contributed by atoms with E-state index in [-0.39, 0.29) is 12.8 Å². The molecule has 2 atom stereocenters. The Morgan fingerprint density at radius 2 is 1.93 bits per heavy atom. The van der Waals surface area contributed by atoms with Crippen molar-refractivity contribution in [2.45, 2.75) is 31.9 Å². The summed E-state index contributed by atoms with van der Waals surface area (Å²) in [6.07, 6.45) is -1.53. The first-order valence-corrected chi connectivity index (χ1v) is 4.34. The summed E-state index contributed by atoms with van der Waals surface area (Å²) >= 11 is 0. The van der Waals surface area contributed by atoms with Crippen molar-refractivity contribution in [3.8, 4) is 0 Å². The van der Waals surface area contributed by atoms with Crippen LogP contribution in [0, 0.1) is 0 Å². The maximum Gasteiger partial charge on any atom is 0.326 e. The average Bonchev–Trinajstić information content (AvgIpc) is 2.10. The highest BCUT2D eigenvalue weighted by atomic mass is 16.4. The molecule has 15 heavy (non-hydrogen) atoms. The zero-order valence-corrected chi connectivity index (χ0v) is 8.27. The van der Waals surface area contributed by atoms with Crippen LogP contribution in [0.2, 0.25) is 0 Å². The molecule has 5 N–H and O–H groups in total. The summed E-state index contributed by atoms with van der Waals surface area (Å²) in [5.74, 6) is -2.72. The van der Waals surface area contributed by atoms with Gasteiger partial charge in [-0.15, -0.1) is 0 Å². The molecule has 0 aromatic carbocycles. The summed E-state index contributed by atoms with van der Waals surface area (Å²) in [5.41, 5.74) is 4.84. The van der Waals surface area contributed by atoms with Crippen LogP contribution >= 0.6 is 0 Å². The number of aliphatic hydroxyl groups excluding tert-OH is 1. The molecule has 0 aliphatic carbocycles. The summed E-state index contributed by atoms with van der Waals surface area (Å²) < 4.78 is 0. The van der Waals surface area contributed by atoms with Crippen LogP contribution < -0.4 is 11.1 Å². The molecule has 7 heteroatoms. The second kappa shape index (κ2) is 5.97. The number of carboxylic acids is 1. The van der Waals surface area contributed by atoms with Gasteiger partial charge in [-0.1, -0.05) is 0 Å². The standard InChI is InChI=1S/C8H14N2O5/c1-4(11)7(13)10-5(8(14)15)2-3-6(9)12/h4-5,11H,2-3H2,1H3,(H2,9,12)(H,10,13)(H,14,15)/t4-,5-/m1/s1. The Morgan fingerprint density at radius 1 is 1.40 bits per heavy atom. The van der Waals surface area contributed by atoms with Gasteiger partial charge in [0.2, 0.25) is 11.8 Å². The highest BCUT2D eigenvalue weighted by molar-refractivity contribution is 5.86. The van der Waals surface area contributed by atoms with Gasteiger partial charge in [-0.3, -0.25) is 9.59 Å². The molecule has 0 aliphatic rings. The van der Waals surface area contributed by atoms with Gasteiger partial charge in [0.25, 0.3) is 0 Å². The van der Waals surface area contributed by atoms with E-state index in [4.69, 9.17) is 15.9 Å². The van der Waals surface area contributed by atoms with E-state index in [1.807, 2.05) is 0 Å². The Labute approximate surface area is 86.3 Å². The minimum Gasteiger partial charge on any atom is -0.480 e. The Morgan fingerprint density at radius 3 is 2.27 bits per heavy atom. The van der Waals surface area contributed by atoms with Gasteiger partial charge in [-0.05, 0) is 13.3 Å². The number of nitrogens with one attached hydrogen (secondary N) is 1. The first-order chi connectivity index (χ1) is 6.84. The van der Waals surface area contributed by atoms with Crippen molar-refractivity contribution in [1.29, 1.82) is 0 Å². The molecule has 0 aromatic heterocycles. The monoisotopic (exact) mass is 218 g/mol. The summed E-state index contributed by atoms with van der Waals surface area (Å²) in [4.78, 5) is 32.0. The van der Waals surface area contributed by atoms with Gasteiger partial charge in [-0.25, -0.2) is 4.79 Å². The smallest absolute Gasteiger partial charge is 0.326 e. The molecule has 86 valence electrons. The number of aliphatic hydroxyl groups is 1.